The highest BCUT2D eigenvalue weighted by atomic mass is 35.5. The minimum Gasteiger partial charge on any atom is -0.334 e. The second kappa shape index (κ2) is 8.54. The average Bonchev–Trinajstić information content (AvgIpc) is 2.62. The molecule has 0 heterocycles. The van der Waals surface area contributed by atoms with Crippen molar-refractivity contribution in [3.63, 3.8) is 0 Å². The number of carbonyl (C=O) groups excluding carboxylic acids is 2. The van der Waals surface area contributed by atoms with Gasteiger partial charge in [0.25, 0.3) is 0 Å². The van der Waals surface area contributed by atoms with E-state index in [2.05, 4.69) is 22.5 Å². The molecule has 0 unspecified atom stereocenters. The topological polar surface area (TPSA) is 70.2 Å². The molecular formula is C20H22ClN3O2. The summed E-state index contributed by atoms with van der Waals surface area (Å²) < 4.78 is 0. The van der Waals surface area contributed by atoms with Crippen molar-refractivity contribution < 1.29 is 9.59 Å². The van der Waals surface area contributed by atoms with Crippen molar-refractivity contribution >= 4 is 34.9 Å². The van der Waals surface area contributed by atoms with E-state index >= 15 is 0 Å². The molecule has 0 spiro atoms. The SMILES string of the molecule is C=CCNC(=O)Nc1ccc(NC(=O)C(C)(C)c2ccc(Cl)cc2)cc1. The fraction of sp³-hybridized carbons (Fsp3) is 0.200. The summed E-state index contributed by atoms with van der Waals surface area (Å²) in [5, 5.41) is 8.84. The molecule has 0 aliphatic rings. The Morgan fingerprint density at radius 1 is 1.00 bits per heavy atom. The van der Waals surface area contributed by atoms with Crippen LogP contribution in [0.3, 0.4) is 0 Å². The lowest BCUT2D eigenvalue weighted by Crippen LogP contribution is -2.34. The summed E-state index contributed by atoms with van der Waals surface area (Å²) in [7, 11) is 0. The summed E-state index contributed by atoms with van der Waals surface area (Å²) in [6.07, 6.45) is 1.60. The predicted molar refractivity (Wildman–Crippen MR) is 107 cm³/mol. The molecule has 0 aliphatic carbocycles. The number of benzene rings is 2. The number of amides is 3. The third-order valence-electron chi connectivity index (χ3n) is 3.94. The summed E-state index contributed by atoms with van der Waals surface area (Å²) >= 11 is 5.91. The molecule has 0 saturated carbocycles. The van der Waals surface area contributed by atoms with Crippen molar-refractivity contribution in [2.24, 2.45) is 0 Å². The van der Waals surface area contributed by atoms with E-state index in [9.17, 15) is 9.59 Å². The van der Waals surface area contributed by atoms with Gasteiger partial charge in [0.1, 0.15) is 0 Å². The van der Waals surface area contributed by atoms with Gasteiger partial charge in [0.2, 0.25) is 5.91 Å². The molecule has 0 bridgehead atoms. The Balaban J connectivity index is 2.01. The number of anilines is 2. The number of halogens is 1. The van der Waals surface area contributed by atoms with Crippen LogP contribution in [0.25, 0.3) is 0 Å². The lowest BCUT2D eigenvalue weighted by Gasteiger charge is -2.24. The van der Waals surface area contributed by atoms with Crippen molar-refractivity contribution in [3.05, 3.63) is 71.8 Å². The number of hydrogen-bond donors (Lipinski definition) is 3. The van der Waals surface area contributed by atoms with Gasteiger partial charge >= 0.3 is 6.03 Å². The van der Waals surface area contributed by atoms with E-state index < -0.39 is 5.41 Å². The van der Waals surface area contributed by atoms with E-state index in [4.69, 9.17) is 11.6 Å². The van der Waals surface area contributed by atoms with Crippen LogP contribution in [0.15, 0.2) is 61.2 Å². The monoisotopic (exact) mass is 371 g/mol. The zero-order valence-electron chi connectivity index (χ0n) is 14.8. The minimum atomic E-state index is -0.716. The van der Waals surface area contributed by atoms with Crippen molar-refractivity contribution in [1.82, 2.24) is 5.32 Å². The highest BCUT2D eigenvalue weighted by molar-refractivity contribution is 6.30. The van der Waals surface area contributed by atoms with Gasteiger partial charge in [-0.1, -0.05) is 29.8 Å². The molecule has 3 N–H and O–H groups in total. The summed E-state index contributed by atoms with van der Waals surface area (Å²) in [6.45, 7) is 7.63. The zero-order valence-corrected chi connectivity index (χ0v) is 15.6. The van der Waals surface area contributed by atoms with Gasteiger partial charge in [0.15, 0.2) is 0 Å². The third kappa shape index (κ3) is 5.10. The van der Waals surface area contributed by atoms with Crippen LogP contribution in [0.5, 0.6) is 0 Å². The van der Waals surface area contributed by atoms with Crippen LogP contribution in [0.2, 0.25) is 5.02 Å². The first-order chi connectivity index (χ1) is 12.3. The quantitative estimate of drug-likeness (QED) is 0.651. The van der Waals surface area contributed by atoms with Gasteiger partial charge in [-0.25, -0.2) is 4.79 Å². The molecule has 2 aromatic rings. The zero-order chi connectivity index (χ0) is 19.2. The minimum absolute atomic E-state index is 0.135. The summed E-state index contributed by atoms with van der Waals surface area (Å²) in [6, 6.07) is 13.8. The third-order valence-corrected chi connectivity index (χ3v) is 4.19. The fourth-order valence-corrected chi connectivity index (χ4v) is 2.39. The van der Waals surface area contributed by atoms with Crippen LogP contribution >= 0.6 is 11.6 Å². The van der Waals surface area contributed by atoms with Gasteiger partial charge in [-0.15, -0.1) is 6.58 Å². The average molecular weight is 372 g/mol. The highest BCUT2D eigenvalue weighted by Crippen LogP contribution is 2.26. The number of hydrogen-bond acceptors (Lipinski definition) is 2. The lowest BCUT2D eigenvalue weighted by atomic mass is 9.83. The van der Waals surface area contributed by atoms with E-state index in [0.717, 1.165) is 5.56 Å². The van der Waals surface area contributed by atoms with Crippen molar-refractivity contribution in [2.75, 3.05) is 17.2 Å². The van der Waals surface area contributed by atoms with Crippen LogP contribution in [-0.4, -0.2) is 18.5 Å². The van der Waals surface area contributed by atoms with Gasteiger partial charge in [-0.2, -0.15) is 0 Å². The van der Waals surface area contributed by atoms with Crippen LogP contribution in [-0.2, 0) is 10.2 Å². The Morgan fingerprint density at radius 3 is 2.08 bits per heavy atom. The molecule has 6 heteroatoms. The second-order valence-corrected chi connectivity index (χ2v) is 6.72. The molecule has 26 heavy (non-hydrogen) atoms. The van der Waals surface area contributed by atoms with Crippen LogP contribution in [0.4, 0.5) is 16.2 Å². The maximum absolute atomic E-state index is 12.7. The van der Waals surface area contributed by atoms with Crippen molar-refractivity contribution in [3.8, 4) is 0 Å². The number of nitrogens with one attached hydrogen (secondary N) is 3. The van der Waals surface area contributed by atoms with Crippen LogP contribution in [0, 0.1) is 0 Å². The van der Waals surface area contributed by atoms with Gasteiger partial charge in [-0.05, 0) is 55.8 Å². The molecule has 0 aliphatic heterocycles. The molecule has 0 saturated heterocycles. The molecular weight excluding hydrogens is 350 g/mol. The fourth-order valence-electron chi connectivity index (χ4n) is 2.26. The smallest absolute Gasteiger partial charge is 0.319 e. The molecule has 0 atom stereocenters. The molecule has 2 aromatic carbocycles. The van der Waals surface area contributed by atoms with Gasteiger partial charge < -0.3 is 16.0 Å². The molecule has 5 nitrogen and oxygen atoms in total. The van der Waals surface area contributed by atoms with E-state index in [1.54, 1.807) is 42.5 Å². The second-order valence-electron chi connectivity index (χ2n) is 6.29. The first-order valence-corrected chi connectivity index (χ1v) is 8.54. The molecule has 2 rings (SSSR count). The van der Waals surface area contributed by atoms with Gasteiger partial charge in [0, 0.05) is 22.9 Å². The summed E-state index contributed by atoms with van der Waals surface area (Å²) in [4.78, 5) is 24.3. The molecule has 136 valence electrons. The van der Waals surface area contributed by atoms with E-state index in [1.165, 1.54) is 0 Å². The van der Waals surface area contributed by atoms with E-state index in [-0.39, 0.29) is 11.9 Å². The summed E-state index contributed by atoms with van der Waals surface area (Å²) in [5.41, 5.74) is 1.43. The highest BCUT2D eigenvalue weighted by Gasteiger charge is 2.29. The molecule has 0 aromatic heterocycles. The summed E-state index contributed by atoms with van der Waals surface area (Å²) in [5.74, 6) is -0.135. The Morgan fingerprint density at radius 2 is 1.54 bits per heavy atom. The standard InChI is InChI=1S/C20H22ClN3O2/c1-4-13-22-19(26)24-17-11-9-16(10-12-17)23-18(25)20(2,3)14-5-7-15(21)8-6-14/h4-12H,1,13H2,2-3H3,(H,23,25)(H2,22,24,26). The Labute approximate surface area is 158 Å². The van der Waals surface area contributed by atoms with Gasteiger partial charge in [-0.3, -0.25) is 4.79 Å². The van der Waals surface area contributed by atoms with Crippen molar-refractivity contribution in [1.29, 1.82) is 0 Å². The normalized spacial score (nSPS) is 10.7. The van der Waals surface area contributed by atoms with Crippen LogP contribution in [0.1, 0.15) is 19.4 Å². The predicted octanol–water partition coefficient (Wildman–Crippen LogP) is 4.56. The Hall–Kier alpha value is -2.79. The molecule has 3 amide bonds. The first-order valence-electron chi connectivity index (χ1n) is 8.16. The van der Waals surface area contributed by atoms with Gasteiger partial charge in [0.05, 0.1) is 5.41 Å². The Bertz CT molecular complexity index is 784. The molecule has 0 fully saturated rings. The first kappa shape index (κ1) is 19.5. The molecule has 0 radical (unpaired) electrons. The van der Waals surface area contributed by atoms with Crippen molar-refractivity contribution in [2.45, 2.75) is 19.3 Å². The number of urea groups is 1. The number of carbonyl (C=O) groups is 2. The van der Waals surface area contributed by atoms with E-state index in [0.29, 0.717) is 22.9 Å². The lowest BCUT2D eigenvalue weighted by molar-refractivity contribution is -0.120. The largest absolute Gasteiger partial charge is 0.334 e. The maximum atomic E-state index is 12.7. The Kier molecular flexibility index (Phi) is 6.41. The van der Waals surface area contributed by atoms with Crippen LogP contribution < -0.4 is 16.0 Å². The van der Waals surface area contributed by atoms with E-state index in [1.807, 2.05) is 26.0 Å². The maximum Gasteiger partial charge on any atom is 0.319 e. The number of rotatable bonds is 6.